The highest BCUT2D eigenvalue weighted by atomic mass is 32.2. The highest BCUT2D eigenvalue weighted by Crippen LogP contribution is 2.22. The topological polar surface area (TPSA) is 84.5 Å². The molecule has 0 spiro atoms. The first-order valence-corrected chi connectivity index (χ1v) is 7.87. The van der Waals surface area contributed by atoms with E-state index in [0.717, 1.165) is 11.3 Å². The predicted octanol–water partition coefficient (Wildman–Crippen LogP) is 0.504. The molecule has 0 aliphatic carbocycles. The standard InChI is InChI=1S/C13H18N2O4S/c1-9(8-19-2)20(17,18)15-12-7-10-5-3-4-6-11(10)14-13(12)16/h3-6,9,12,15H,7-8H2,1-2H3,(H,14,16). The van der Waals surface area contributed by atoms with Gasteiger partial charge in [-0.2, -0.15) is 0 Å². The van der Waals surface area contributed by atoms with Gasteiger partial charge < -0.3 is 10.1 Å². The molecule has 7 heteroatoms. The van der Waals surface area contributed by atoms with Gasteiger partial charge in [-0.3, -0.25) is 4.79 Å². The average Bonchev–Trinajstić information content (AvgIpc) is 2.39. The molecule has 110 valence electrons. The first-order chi connectivity index (χ1) is 9.44. The molecule has 2 rings (SSSR count). The van der Waals surface area contributed by atoms with Crippen molar-refractivity contribution >= 4 is 21.6 Å². The van der Waals surface area contributed by atoms with E-state index in [1.54, 1.807) is 13.0 Å². The number of hydrogen-bond donors (Lipinski definition) is 2. The molecule has 1 heterocycles. The van der Waals surface area contributed by atoms with Crippen LogP contribution in [-0.4, -0.2) is 39.3 Å². The maximum absolute atomic E-state index is 12.1. The Balaban J connectivity index is 2.13. The summed E-state index contributed by atoms with van der Waals surface area (Å²) >= 11 is 0. The summed E-state index contributed by atoms with van der Waals surface area (Å²) in [6, 6.07) is 6.56. The third-order valence-electron chi connectivity index (χ3n) is 3.25. The van der Waals surface area contributed by atoms with Crippen molar-refractivity contribution in [2.45, 2.75) is 24.6 Å². The van der Waals surface area contributed by atoms with Crippen LogP contribution in [0.15, 0.2) is 24.3 Å². The second-order valence-electron chi connectivity index (χ2n) is 4.83. The van der Waals surface area contributed by atoms with E-state index in [-0.39, 0.29) is 12.5 Å². The molecule has 0 saturated carbocycles. The van der Waals surface area contributed by atoms with E-state index in [9.17, 15) is 13.2 Å². The zero-order valence-electron chi connectivity index (χ0n) is 11.4. The van der Waals surface area contributed by atoms with Crippen molar-refractivity contribution in [3.63, 3.8) is 0 Å². The number of sulfonamides is 1. The summed E-state index contributed by atoms with van der Waals surface area (Å²) in [7, 11) is -2.15. The summed E-state index contributed by atoms with van der Waals surface area (Å²) in [6.07, 6.45) is 0.348. The number of rotatable bonds is 5. The minimum Gasteiger partial charge on any atom is -0.383 e. The van der Waals surface area contributed by atoms with Gasteiger partial charge in [-0.15, -0.1) is 0 Å². The van der Waals surface area contributed by atoms with Crippen LogP contribution in [0.25, 0.3) is 0 Å². The van der Waals surface area contributed by atoms with Gasteiger partial charge in [-0.05, 0) is 25.0 Å². The molecule has 0 aromatic heterocycles. The van der Waals surface area contributed by atoms with Crippen molar-refractivity contribution in [3.8, 4) is 0 Å². The van der Waals surface area contributed by atoms with E-state index < -0.39 is 21.3 Å². The molecular weight excluding hydrogens is 280 g/mol. The van der Waals surface area contributed by atoms with E-state index in [4.69, 9.17) is 4.74 Å². The van der Waals surface area contributed by atoms with Crippen LogP contribution in [0.5, 0.6) is 0 Å². The number of carbonyl (C=O) groups excluding carboxylic acids is 1. The van der Waals surface area contributed by atoms with Crippen LogP contribution in [0.2, 0.25) is 0 Å². The number of amides is 1. The number of methoxy groups -OCH3 is 1. The van der Waals surface area contributed by atoms with E-state index in [2.05, 4.69) is 10.0 Å². The fourth-order valence-electron chi connectivity index (χ4n) is 2.09. The zero-order chi connectivity index (χ0) is 14.8. The fraction of sp³-hybridized carbons (Fsp3) is 0.462. The molecule has 1 aliphatic rings. The van der Waals surface area contributed by atoms with Crippen LogP contribution >= 0.6 is 0 Å². The molecule has 1 aromatic carbocycles. The van der Waals surface area contributed by atoms with Gasteiger partial charge in [0.2, 0.25) is 15.9 Å². The summed E-state index contributed by atoms with van der Waals surface area (Å²) < 4.78 is 31.4. The maximum Gasteiger partial charge on any atom is 0.242 e. The smallest absolute Gasteiger partial charge is 0.242 e. The molecule has 0 radical (unpaired) electrons. The molecule has 0 saturated heterocycles. The number of ether oxygens (including phenoxy) is 1. The van der Waals surface area contributed by atoms with E-state index in [0.29, 0.717) is 6.42 Å². The van der Waals surface area contributed by atoms with Gasteiger partial charge in [-0.25, -0.2) is 13.1 Å². The second kappa shape index (κ2) is 5.90. The number of hydrogen-bond acceptors (Lipinski definition) is 4. The Labute approximate surface area is 118 Å². The van der Waals surface area contributed by atoms with E-state index in [1.165, 1.54) is 7.11 Å². The van der Waals surface area contributed by atoms with Gasteiger partial charge in [0.05, 0.1) is 11.9 Å². The highest BCUT2D eigenvalue weighted by Gasteiger charge is 2.31. The van der Waals surface area contributed by atoms with E-state index in [1.807, 2.05) is 18.2 Å². The van der Waals surface area contributed by atoms with Crippen LogP contribution in [0.1, 0.15) is 12.5 Å². The van der Waals surface area contributed by atoms with Crippen LogP contribution in [0, 0.1) is 0 Å². The van der Waals surface area contributed by atoms with Crippen LogP contribution in [-0.2, 0) is 26.0 Å². The lowest BCUT2D eigenvalue weighted by molar-refractivity contribution is -0.118. The van der Waals surface area contributed by atoms with Crippen molar-refractivity contribution in [3.05, 3.63) is 29.8 Å². The lowest BCUT2D eigenvalue weighted by atomic mass is 10.00. The highest BCUT2D eigenvalue weighted by molar-refractivity contribution is 7.90. The normalized spacial score (nSPS) is 20.1. The first kappa shape index (κ1) is 15.0. The molecule has 20 heavy (non-hydrogen) atoms. The third kappa shape index (κ3) is 3.17. The minimum absolute atomic E-state index is 0.0836. The number of anilines is 1. The Morgan fingerprint density at radius 2 is 2.15 bits per heavy atom. The van der Waals surface area contributed by atoms with Gasteiger partial charge in [-0.1, -0.05) is 18.2 Å². The molecule has 2 atom stereocenters. The van der Waals surface area contributed by atoms with Gasteiger partial charge in [0.25, 0.3) is 0 Å². The monoisotopic (exact) mass is 298 g/mol. The molecular formula is C13H18N2O4S. The van der Waals surface area contributed by atoms with Crippen LogP contribution in [0.3, 0.4) is 0 Å². The fourth-order valence-corrected chi connectivity index (χ4v) is 3.22. The summed E-state index contributed by atoms with van der Waals surface area (Å²) in [5.41, 5.74) is 1.65. The molecule has 1 aromatic rings. The Bertz CT molecular complexity index is 600. The second-order valence-corrected chi connectivity index (χ2v) is 6.96. The minimum atomic E-state index is -3.59. The first-order valence-electron chi connectivity index (χ1n) is 6.33. The average molecular weight is 298 g/mol. The lowest BCUT2D eigenvalue weighted by Gasteiger charge is -2.26. The lowest BCUT2D eigenvalue weighted by Crippen LogP contribution is -2.50. The molecule has 2 unspecified atom stereocenters. The van der Waals surface area contributed by atoms with Crippen molar-refractivity contribution in [2.24, 2.45) is 0 Å². The molecule has 6 nitrogen and oxygen atoms in total. The largest absolute Gasteiger partial charge is 0.383 e. The van der Waals surface area contributed by atoms with Gasteiger partial charge in [0.15, 0.2) is 0 Å². The number of para-hydroxylation sites is 1. The molecule has 0 bridgehead atoms. The van der Waals surface area contributed by atoms with Crippen LogP contribution in [0.4, 0.5) is 5.69 Å². The van der Waals surface area contributed by atoms with Gasteiger partial charge in [0, 0.05) is 12.8 Å². The molecule has 0 fully saturated rings. The number of benzene rings is 1. The Morgan fingerprint density at radius 3 is 2.85 bits per heavy atom. The van der Waals surface area contributed by atoms with E-state index >= 15 is 0 Å². The molecule has 2 N–H and O–H groups in total. The Morgan fingerprint density at radius 1 is 1.45 bits per heavy atom. The summed E-state index contributed by atoms with van der Waals surface area (Å²) in [6.45, 7) is 1.63. The maximum atomic E-state index is 12.1. The van der Waals surface area contributed by atoms with Gasteiger partial charge >= 0.3 is 0 Å². The Kier molecular flexibility index (Phi) is 4.42. The van der Waals surface area contributed by atoms with Crippen molar-refractivity contribution in [1.29, 1.82) is 0 Å². The molecule has 1 amide bonds. The van der Waals surface area contributed by atoms with Crippen molar-refractivity contribution < 1.29 is 17.9 Å². The summed E-state index contributed by atoms with van der Waals surface area (Å²) in [4.78, 5) is 11.9. The predicted molar refractivity (Wildman–Crippen MR) is 76.0 cm³/mol. The number of fused-ring (bicyclic) bond motifs is 1. The Hall–Kier alpha value is -1.44. The van der Waals surface area contributed by atoms with Gasteiger partial charge in [0.1, 0.15) is 6.04 Å². The van der Waals surface area contributed by atoms with Crippen molar-refractivity contribution in [1.82, 2.24) is 4.72 Å². The quantitative estimate of drug-likeness (QED) is 0.829. The molecule has 1 aliphatic heterocycles. The number of carbonyl (C=O) groups is 1. The number of nitrogens with one attached hydrogen (secondary N) is 2. The zero-order valence-corrected chi connectivity index (χ0v) is 12.2. The summed E-state index contributed by atoms with van der Waals surface area (Å²) in [5.74, 6) is -0.336. The van der Waals surface area contributed by atoms with Crippen LogP contribution < -0.4 is 10.0 Å². The summed E-state index contributed by atoms with van der Waals surface area (Å²) in [5, 5.41) is 2.00. The third-order valence-corrected chi connectivity index (χ3v) is 5.06. The SMILES string of the molecule is COCC(C)S(=O)(=O)NC1Cc2ccccc2NC1=O. The van der Waals surface area contributed by atoms with Crippen molar-refractivity contribution in [2.75, 3.05) is 19.0 Å².